The van der Waals surface area contributed by atoms with Crippen LogP contribution in [0, 0.1) is 11.6 Å². The average molecular weight is 343 g/mol. The van der Waals surface area contributed by atoms with Crippen molar-refractivity contribution in [3.8, 4) is 0 Å². The predicted octanol–water partition coefficient (Wildman–Crippen LogP) is 4.19. The number of halogens is 3. The summed E-state index contributed by atoms with van der Waals surface area (Å²) < 4.78 is 50.6. The fourth-order valence-electron chi connectivity index (χ4n) is 1.84. The molecule has 0 atom stereocenters. The smallest absolute Gasteiger partial charge is 0.181 e. The summed E-state index contributed by atoms with van der Waals surface area (Å²) in [6.45, 7) is 0. The number of sulfone groups is 1. The summed E-state index contributed by atoms with van der Waals surface area (Å²) in [6.07, 6.45) is 3.33. The predicted molar refractivity (Wildman–Crippen MR) is 82.7 cm³/mol. The minimum atomic E-state index is -3.60. The minimum Gasteiger partial charge on any atom is -0.223 e. The molecule has 0 saturated carbocycles. The number of benzene rings is 2. The lowest BCUT2D eigenvalue weighted by Crippen LogP contribution is -2.05. The topological polar surface area (TPSA) is 34.1 Å². The van der Waals surface area contributed by atoms with Crippen LogP contribution < -0.4 is 0 Å². The Kier molecular flexibility index (Phi) is 5.32. The first-order valence-electron chi connectivity index (χ1n) is 6.46. The van der Waals surface area contributed by atoms with Crippen LogP contribution in [-0.4, -0.2) is 14.2 Å². The number of rotatable bonds is 5. The molecule has 0 aromatic heterocycles. The molecule has 6 heteroatoms. The molecule has 0 aliphatic rings. The van der Waals surface area contributed by atoms with Gasteiger partial charge in [-0.3, -0.25) is 0 Å². The van der Waals surface area contributed by atoms with E-state index in [0.29, 0.717) is 12.0 Å². The van der Waals surface area contributed by atoms with Gasteiger partial charge in [-0.1, -0.05) is 42.0 Å². The summed E-state index contributed by atoms with van der Waals surface area (Å²) in [6, 6.07) is 9.54. The van der Waals surface area contributed by atoms with Gasteiger partial charge in [0.1, 0.15) is 11.6 Å². The van der Waals surface area contributed by atoms with Crippen LogP contribution in [-0.2, 0) is 16.3 Å². The summed E-state index contributed by atoms with van der Waals surface area (Å²) in [5, 5.41) is -0.239. The van der Waals surface area contributed by atoms with Crippen molar-refractivity contribution in [2.45, 2.75) is 11.3 Å². The molecule has 0 aliphatic heterocycles. The summed E-state index contributed by atoms with van der Waals surface area (Å²) in [4.78, 5) is -0.0468. The van der Waals surface area contributed by atoms with E-state index in [2.05, 4.69) is 0 Å². The van der Waals surface area contributed by atoms with E-state index in [9.17, 15) is 17.2 Å². The SMILES string of the molecule is O=S(=O)(CC=CCc1ccccc1F)c1ccc(F)c(Cl)c1. The fraction of sp³-hybridized carbons (Fsp3) is 0.125. The van der Waals surface area contributed by atoms with Gasteiger partial charge in [0.2, 0.25) is 0 Å². The molecule has 0 spiro atoms. The summed E-state index contributed by atoms with van der Waals surface area (Å²) >= 11 is 5.58. The first kappa shape index (κ1) is 16.6. The lowest BCUT2D eigenvalue weighted by Gasteiger charge is -2.03. The van der Waals surface area contributed by atoms with Crippen LogP contribution in [0.1, 0.15) is 5.56 Å². The van der Waals surface area contributed by atoms with Gasteiger partial charge in [0.05, 0.1) is 15.7 Å². The Balaban J connectivity index is 2.05. The van der Waals surface area contributed by atoms with Crippen molar-refractivity contribution >= 4 is 21.4 Å². The van der Waals surface area contributed by atoms with Crippen LogP contribution in [0.3, 0.4) is 0 Å². The third-order valence-electron chi connectivity index (χ3n) is 3.03. The van der Waals surface area contributed by atoms with Gasteiger partial charge in [0.25, 0.3) is 0 Å². The van der Waals surface area contributed by atoms with Crippen molar-refractivity contribution in [3.05, 3.63) is 76.8 Å². The molecule has 0 aliphatic carbocycles. The van der Waals surface area contributed by atoms with E-state index in [4.69, 9.17) is 11.6 Å². The molecule has 0 heterocycles. The number of allylic oxidation sites excluding steroid dienone is 1. The fourth-order valence-corrected chi connectivity index (χ4v) is 3.24. The number of hydrogen-bond acceptors (Lipinski definition) is 2. The Bertz CT molecular complexity index is 802. The van der Waals surface area contributed by atoms with Crippen LogP contribution in [0.25, 0.3) is 0 Å². The summed E-state index contributed by atoms with van der Waals surface area (Å²) in [7, 11) is -3.60. The minimum absolute atomic E-state index is 0.0468. The van der Waals surface area contributed by atoms with Gasteiger partial charge in [-0.25, -0.2) is 17.2 Å². The van der Waals surface area contributed by atoms with Gasteiger partial charge in [0, 0.05) is 0 Å². The standard InChI is InChI=1S/C16H13ClF2O2S/c17-14-11-13(8-9-16(14)19)22(20,21)10-4-3-6-12-5-1-2-7-15(12)18/h1-5,7-9,11H,6,10H2. The molecule has 0 amide bonds. The third-order valence-corrected chi connectivity index (χ3v) is 4.92. The Labute approximate surface area is 133 Å². The highest BCUT2D eigenvalue weighted by Crippen LogP contribution is 2.20. The molecule has 2 nitrogen and oxygen atoms in total. The highest BCUT2D eigenvalue weighted by Gasteiger charge is 2.14. The lowest BCUT2D eigenvalue weighted by atomic mass is 10.1. The molecular formula is C16H13ClF2O2S. The Morgan fingerprint density at radius 1 is 1.00 bits per heavy atom. The Morgan fingerprint density at radius 3 is 2.41 bits per heavy atom. The van der Waals surface area contributed by atoms with E-state index in [1.165, 1.54) is 18.2 Å². The molecule has 2 aromatic rings. The quantitative estimate of drug-likeness (QED) is 0.603. The van der Waals surface area contributed by atoms with Crippen molar-refractivity contribution < 1.29 is 17.2 Å². The van der Waals surface area contributed by atoms with Crippen LogP contribution in [0.5, 0.6) is 0 Å². The zero-order chi connectivity index (χ0) is 16.2. The Hall–Kier alpha value is -1.72. The first-order chi connectivity index (χ1) is 10.4. The van der Waals surface area contributed by atoms with E-state index < -0.39 is 15.7 Å². The maximum atomic E-state index is 13.4. The highest BCUT2D eigenvalue weighted by atomic mass is 35.5. The highest BCUT2D eigenvalue weighted by molar-refractivity contribution is 7.91. The van der Waals surface area contributed by atoms with Crippen LogP contribution >= 0.6 is 11.6 Å². The van der Waals surface area contributed by atoms with Crippen LogP contribution in [0.15, 0.2) is 59.5 Å². The van der Waals surface area contributed by atoms with Crippen LogP contribution in [0.2, 0.25) is 5.02 Å². The molecule has 0 unspecified atom stereocenters. The lowest BCUT2D eigenvalue weighted by molar-refractivity contribution is 0.597. The molecule has 0 radical (unpaired) electrons. The van der Waals surface area contributed by atoms with Crippen molar-refractivity contribution in [2.75, 3.05) is 5.75 Å². The van der Waals surface area contributed by atoms with E-state index in [0.717, 1.165) is 12.1 Å². The van der Waals surface area contributed by atoms with E-state index in [1.807, 2.05) is 0 Å². The molecule has 0 N–H and O–H groups in total. The van der Waals surface area contributed by atoms with Gasteiger partial charge < -0.3 is 0 Å². The van der Waals surface area contributed by atoms with Gasteiger partial charge in [-0.05, 0) is 36.2 Å². The average Bonchev–Trinajstić information content (AvgIpc) is 2.48. The van der Waals surface area contributed by atoms with Gasteiger partial charge in [-0.15, -0.1) is 0 Å². The second-order valence-electron chi connectivity index (χ2n) is 4.62. The van der Waals surface area contributed by atoms with E-state index in [-0.39, 0.29) is 21.5 Å². The van der Waals surface area contributed by atoms with E-state index in [1.54, 1.807) is 24.3 Å². The monoisotopic (exact) mass is 342 g/mol. The molecule has 0 fully saturated rings. The van der Waals surface area contributed by atoms with Crippen molar-refractivity contribution in [1.29, 1.82) is 0 Å². The van der Waals surface area contributed by atoms with Crippen molar-refractivity contribution in [1.82, 2.24) is 0 Å². The number of hydrogen-bond donors (Lipinski definition) is 0. The second kappa shape index (κ2) is 7.03. The van der Waals surface area contributed by atoms with Crippen LogP contribution in [0.4, 0.5) is 8.78 Å². The second-order valence-corrected chi connectivity index (χ2v) is 7.07. The van der Waals surface area contributed by atoms with Gasteiger partial charge in [-0.2, -0.15) is 0 Å². The molecule has 0 bridgehead atoms. The van der Waals surface area contributed by atoms with Crippen molar-refractivity contribution in [2.24, 2.45) is 0 Å². The molecular weight excluding hydrogens is 330 g/mol. The maximum Gasteiger partial charge on any atom is 0.181 e. The summed E-state index contributed by atoms with van der Waals surface area (Å²) in [5.41, 5.74) is 0.487. The normalized spacial score (nSPS) is 12.0. The maximum absolute atomic E-state index is 13.4. The third kappa shape index (κ3) is 4.15. The van der Waals surface area contributed by atoms with Crippen molar-refractivity contribution in [3.63, 3.8) is 0 Å². The molecule has 116 valence electrons. The molecule has 22 heavy (non-hydrogen) atoms. The van der Waals surface area contributed by atoms with Gasteiger partial charge >= 0.3 is 0 Å². The summed E-state index contributed by atoms with van der Waals surface area (Å²) in [5.74, 6) is -1.26. The van der Waals surface area contributed by atoms with E-state index >= 15 is 0 Å². The molecule has 2 rings (SSSR count). The zero-order valence-corrected chi connectivity index (χ0v) is 13.0. The largest absolute Gasteiger partial charge is 0.223 e. The Morgan fingerprint density at radius 2 is 1.73 bits per heavy atom. The zero-order valence-electron chi connectivity index (χ0n) is 11.5. The molecule has 2 aromatic carbocycles. The molecule has 0 saturated heterocycles. The van der Waals surface area contributed by atoms with Gasteiger partial charge in [0.15, 0.2) is 9.84 Å². The first-order valence-corrected chi connectivity index (χ1v) is 8.49.